The third kappa shape index (κ3) is 1.67. The summed E-state index contributed by atoms with van der Waals surface area (Å²) in [4.78, 5) is 0. The van der Waals surface area contributed by atoms with Crippen LogP contribution in [0.3, 0.4) is 0 Å². The van der Waals surface area contributed by atoms with E-state index in [0.717, 1.165) is 18.8 Å². The summed E-state index contributed by atoms with van der Waals surface area (Å²) in [5.41, 5.74) is 2.27. The summed E-state index contributed by atoms with van der Waals surface area (Å²) in [5, 5.41) is 0. The van der Waals surface area contributed by atoms with E-state index in [2.05, 4.69) is 6.92 Å². The Bertz CT molecular complexity index is 350. The lowest BCUT2D eigenvalue weighted by molar-refractivity contribution is 0.571. The summed E-state index contributed by atoms with van der Waals surface area (Å²) in [5.74, 6) is 0. The first-order valence-corrected chi connectivity index (χ1v) is 5.72. The Morgan fingerprint density at radius 3 is 2.36 bits per heavy atom. The molecule has 1 saturated heterocycles. The highest BCUT2D eigenvalue weighted by atomic mass is 32.2. The molecular weight excluding hydrogens is 196 g/mol. The number of hydrogen-bond donors (Lipinski definition) is 0. The molecule has 1 fully saturated rings. The van der Waals surface area contributed by atoms with Gasteiger partial charge >= 0.3 is 0 Å². The maximum absolute atomic E-state index is 11.8. The van der Waals surface area contributed by atoms with Gasteiger partial charge in [-0.2, -0.15) is 0 Å². The molecule has 1 aliphatic heterocycles. The van der Waals surface area contributed by atoms with Gasteiger partial charge in [-0.05, 0) is 19.1 Å². The van der Waals surface area contributed by atoms with Crippen molar-refractivity contribution < 1.29 is 4.21 Å². The van der Waals surface area contributed by atoms with Crippen molar-refractivity contribution in [3.05, 3.63) is 29.8 Å². The minimum absolute atomic E-state index is 0.839. The highest BCUT2D eigenvalue weighted by Crippen LogP contribution is 2.21. The Hall–Kier alpha value is -0.870. The van der Waals surface area contributed by atoms with Gasteiger partial charge in [0.05, 0.1) is 5.69 Å². The highest BCUT2D eigenvalue weighted by molar-refractivity contribution is 7.84. The summed E-state index contributed by atoms with van der Waals surface area (Å²) in [7, 11) is 1.88. The van der Waals surface area contributed by atoms with Crippen LogP contribution in [0.15, 0.2) is 24.3 Å². The zero-order valence-corrected chi connectivity index (χ0v) is 9.25. The smallest absolute Gasteiger partial charge is 0.198 e. The van der Waals surface area contributed by atoms with Crippen molar-refractivity contribution in [3.63, 3.8) is 0 Å². The molecule has 4 heteroatoms. The lowest BCUT2D eigenvalue weighted by Gasteiger charge is -2.16. The van der Waals surface area contributed by atoms with E-state index in [9.17, 15) is 4.21 Å². The fraction of sp³-hybridized carbons (Fsp3) is 0.400. The van der Waals surface area contributed by atoms with Crippen molar-refractivity contribution in [3.8, 4) is 0 Å². The SMILES string of the molecule is Cc1ccc(N2CCN(C)S2=O)cc1. The summed E-state index contributed by atoms with van der Waals surface area (Å²) >= 11 is -0.996. The second-order valence-corrected chi connectivity index (χ2v) is 5.05. The van der Waals surface area contributed by atoms with Crippen molar-refractivity contribution in [1.82, 2.24) is 4.31 Å². The molecule has 0 aromatic heterocycles. The molecule has 1 aromatic carbocycles. The Kier molecular flexibility index (Phi) is 2.56. The van der Waals surface area contributed by atoms with Crippen LogP contribution in [0.4, 0.5) is 5.69 Å². The van der Waals surface area contributed by atoms with Crippen LogP contribution < -0.4 is 4.31 Å². The van der Waals surface area contributed by atoms with Gasteiger partial charge in [-0.3, -0.25) is 4.31 Å². The van der Waals surface area contributed by atoms with Crippen LogP contribution >= 0.6 is 0 Å². The van der Waals surface area contributed by atoms with Crippen molar-refractivity contribution >= 4 is 16.9 Å². The third-order valence-corrected chi connectivity index (χ3v) is 3.88. The minimum Gasteiger partial charge on any atom is -0.278 e. The molecule has 3 nitrogen and oxygen atoms in total. The number of nitrogens with zero attached hydrogens (tertiary/aromatic N) is 2. The maximum Gasteiger partial charge on any atom is 0.198 e. The van der Waals surface area contributed by atoms with Gasteiger partial charge in [-0.15, -0.1) is 0 Å². The summed E-state index contributed by atoms with van der Waals surface area (Å²) in [6, 6.07) is 8.13. The normalized spacial score (nSPS) is 23.0. The summed E-state index contributed by atoms with van der Waals surface area (Å²) < 4.78 is 15.5. The second kappa shape index (κ2) is 3.71. The van der Waals surface area contributed by atoms with E-state index in [-0.39, 0.29) is 0 Å². The Labute approximate surface area is 87.1 Å². The van der Waals surface area contributed by atoms with E-state index in [1.165, 1.54) is 5.56 Å². The van der Waals surface area contributed by atoms with Crippen LogP contribution in [-0.2, 0) is 11.2 Å². The molecule has 1 aliphatic rings. The molecule has 0 amide bonds. The molecule has 0 aliphatic carbocycles. The minimum atomic E-state index is -0.996. The monoisotopic (exact) mass is 210 g/mol. The van der Waals surface area contributed by atoms with Crippen LogP contribution in [0, 0.1) is 6.92 Å². The fourth-order valence-electron chi connectivity index (χ4n) is 1.49. The van der Waals surface area contributed by atoms with E-state index in [0.29, 0.717) is 0 Å². The zero-order valence-electron chi connectivity index (χ0n) is 8.43. The Morgan fingerprint density at radius 2 is 1.86 bits per heavy atom. The van der Waals surface area contributed by atoms with E-state index in [1.807, 2.05) is 39.9 Å². The van der Waals surface area contributed by atoms with Gasteiger partial charge in [0.15, 0.2) is 11.2 Å². The quantitative estimate of drug-likeness (QED) is 0.686. The fourth-order valence-corrected chi connectivity index (χ4v) is 2.60. The van der Waals surface area contributed by atoms with Crippen molar-refractivity contribution in [2.75, 3.05) is 24.4 Å². The summed E-state index contributed by atoms with van der Waals surface area (Å²) in [6.45, 7) is 3.75. The predicted molar refractivity (Wildman–Crippen MR) is 59.3 cm³/mol. The highest BCUT2D eigenvalue weighted by Gasteiger charge is 2.25. The van der Waals surface area contributed by atoms with Crippen LogP contribution in [-0.4, -0.2) is 28.7 Å². The first kappa shape index (κ1) is 9.68. The first-order chi connectivity index (χ1) is 6.68. The molecule has 0 spiro atoms. The second-order valence-electron chi connectivity index (χ2n) is 3.52. The number of aryl methyl sites for hydroxylation is 1. The predicted octanol–water partition coefficient (Wildman–Crippen LogP) is 1.33. The van der Waals surface area contributed by atoms with Gasteiger partial charge in [-0.1, -0.05) is 17.7 Å². The van der Waals surface area contributed by atoms with Crippen molar-refractivity contribution in [2.45, 2.75) is 6.92 Å². The van der Waals surface area contributed by atoms with Gasteiger partial charge in [0.25, 0.3) is 0 Å². The van der Waals surface area contributed by atoms with Crippen LogP contribution in [0.2, 0.25) is 0 Å². The molecule has 14 heavy (non-hydrogen) atoms. The third-order valence-electron chi connectivity index (χ3n) is 2.40. The molecular formula is C10H14N2OS. The molecule has 0 radical (unpaired) electrons. The largest absolute Gasteiger partial charge is 0.278 e. The van der Waals surface area contributed by atoms with E-state index in [1.54, 1.807) is 0 Å². The van der Waals surface area contributed by atoms with E-state index < -0.39 is 11.2 Å². The van der Waals surface area contributed by atoms with Gasteiger partial charge in [0, 0.05) is 20.1 Å². The average Bonchev–Trinajstić information content (AvgIpc) is 2.50. The topological polar surface area (TPSA) is 23.6 Å². The van der Waals surface area contributed by atoms with Gasteiger partial charge in [0.2, 0.25) is 0 Å². The number of anilines is 1. The number of hydrogen-bond acceptors (Lipinski definition) is 1. The average molecular weight is 210 g/mol. The first-order valence-electron chi connectivity index (χ1n) is 4.66. The van der Waals surface area contributed by atoms with Crippen LogP contribution in [0.1, 0.15) is 5.56 Å². The molecule has 1 heterocycles. The molecule has 76 valence electrons. The van der Waals surface area contributed by atoms with Crippen LogP contribution in [0.25, 0.3) is 0 Å². The Morgan fingerprint density at radius 1 is 1.21 bits per heavy atom. The zero-order chi connectivity index (χ0) is 10.1. The number of likely N-dealkylation sites (N-methyl/N-ethyl adjacent to an activating group) is 1. The maximum atomic E-state index is 11.8. The van der Waals surface area contributed by atoms with Crippen molar-refractivity contribution in [1.29, 1.82) is 0 Å². The molecule has 0 bridgehead atoms. The van der Waals surface area contributed by atoms with E-state index >= 15 is 0 Å². The molecule has 1 unspecified atom stereocenters. The van der Waals surface area contributed by atoms with Gasteiger partial charge < -0.3 is 0 Å². The van der Waals surface area contributed by atoms with Gasteiger partial charge in [-0.25, -0.2) is 8.51 Å². The Balaban J connectivity index is 2.24. The van der Waals surface area contributed by atoms with E-state index in [4.69, 9.17) is 0 Å². The molecule has 2 rings (SSSR count). The van der Waals surface area contributed by atoms with Crippen LogP contribution in [0.5, 0.6) is 0 Å². The lowest BCUT2D eigenvalue weighted by atomic mass is 10.2. The molecule has 0 N–H and O–H groups in total. The number of rotatable bonds is 1. The molecule has 0 saturated carbocycles. The molecule has 1 atom stereocenters. The standard InChI is InChI=1S/C10H14N2OS/c1-9-3-5-10(6-4-9)12-8-7-11(2)14(12)13/h3-6H,7-8H2,1-2H3. The van der Waals surface area contributed by atoms with Gasteiger partial charge in [0.1, 0.15) is 0 Å². The summed E-state index contributed by atoms with van der Waals surface area (Å²) in [6.07, 6.45) is 0. The lowest BCUT2D eigenvalue weighted by Crippen LogP contribution is -2.23. The van der Waals surface area contributed by atoms with Crippen molar-refractivity contribution in [2.24, 2.45) is 0 Å². The molecule has 1 aromatic rings. The number of benzene rings is 1.